The first kappa shape index (κ1) is 21.1. The Morgan fingerprint density at radius 1 is 1.24 bits per heavy atom. The summed E-state index contributed by atoms with van der Waals surface area (Å²) in [5, 5.41) is 9.82. The number of benzene rings is 1. The molecular weight excluding hydrogens is 370 g/mol. The fourth-order valence-corrected chi connectivity index (χ4v) is 3.44. The molecule has 29 heavy (non-hydrogen) atoms. The van der Waals surface area contributed by atoms with Gasteiger partial charge in [0.2, 0.25) is 5.89 Å². The molecule has 0 saturated carbocycles. The van der Waals surface area contributed by atoms with E-state index in [1.807, 2.05) is 38.1 Å². The topological polar surface area (TPSA) is 92.5 Å². The number of urea groups is 1. The van der Waals surface area contributed by atoms with Crippen LogP contribution in [-0.2, 0) is 11.2 Å². The van der Waals surface area contributed by atoms with E-state index < -0.39 is 0 Å². The fraction of sp³-hybridized carbons (Fsp3) is 0.571. The quantitative estimate of drug-likeness (QED) is 0.689. The van der Waals surface area contributed by atoms with Gasteiger partial charge in [-0.25, -0.2) is 4.79 Å². The first-order valence-electron chi connectivity index (χ1n) is 10.3. The van der Waals surface area contributed by atoms with Crippen molar-refractivity contribution >= 4 is 17.4 Å². The van der Waals surface area contributed by atoms with Crippen molar-refractivity contribution < 1.29 is 14.1 Å². The minimum Gasteiger partial charge on any atom is -0.372 e. The molecule has 2 atom stereocenters. The highest BCUT2D eigenvalue weighted by molar-refractivity contribution is 5.93. The van der Waals surface area contributed by atoms with E-state index in [0.717, 1.165) is 30.9 Å². The Balaban J connectivity index is 1.49. The summed E-state index contributed by atoms with van der Waals surface area (Å²) in [7, 11) is 0. The molecule has 1 aromatic carbocycles. The predicted octanol–water partition coefficient (Wildman–Crippen LogP) is 3.56. The van der Waals surface area contributed by atoms with E-state index >= 15 is 0 Å². The number of aromatic nitrogens is 2. The zero-order chi connectivity index (χ0) is 20.8. The van der Waals surface area contributed by atoms with Gasteiger partial charge in [0.1, 0.15) is 0 Å². The SMILES string of the molecule is CC1CN(c2ccccc2NC(=O)NCCCc2nc(C(C)C)no2)CC(C)O1. The molecule has 1 aliphatic rings. The third-order valence-corrected chi connectivity index (χ3v) is 4.77. The number of hydrogen-bond acceptors (Lipinski definition) is 6. The monoisotopic (exact) mass is 401 g/mol. The van der Waals surface area contributed by atoms with Crippen LogP contribution in [-0.4, -0.2) is 48.0 Å². The second-order valence-corrected chi connectivity index (χ2v) is 7.86. The van der Waals surface area contributed by atoms with Crippen molar-refractivity contribution in [1.82, 2.24) is 15.5 Å². The number of nitrogens with zero attached hydrogens (tertiary/aromatic N) is 3. The summed E-state index contributed by atoms with van der Waals surface area (Å²) in [5.74, 6) is 1.57. The average molecular weight is 402 g/mol. The lowest BCUT2D eigenvalue weighted by molar-refractivity contribution is -0.00517. The van der Waals surface area contributed by atoms with Gasteiger partial charge in [0.15, 0.2) is 5.82 Å². The second kappa shape index (κ2) is 9.73. The van der Waals surface area contributed by atoms with Gasteiger partial charge in [-0.05, 0) is 32.4 Å². The largest absolute Gasteiger partial charge is 0.372 e. The first-order chi connectivity index (χ1) is 13.9. The van der Waals surface area contributed by atoms with E-state index in [1.54, 1.807) is 0 Å². The summed E-state index contributed by atoms with van der Waals surface area (Å²) in [5.41, 5.74) is 1.81. The van der Waals surface area contributed by atoms with Gasteiger partial charge in [-0.15, -0.1) is 0 Å². The highest BCUT2D eigenvalue weighted by Crippen LogP contribution is 2.28. The normalized spacial score (nSPS) is 19.4. The number of hydrogen-bond donors (Lipinski definition) is 2. The molecule has 0 aliphatic carbocycles. The van der Waals surface area contributed by atoms with E-state index in [-0.39, 0.29) is 24.2 Å². The van der Waals surface area contributed by atoms with Crippen LogP contribution in [0.15, 0.2) is 28.8 Å². The van der Waals surface area contributed by atoms with E-state index in [4.69, 9.17) is 9.26 Å². The van der Waals surface area contributed by atoms with Gasteiger partial charge in [0.05, 0.1) is 23.6 Å². The summed E-state index contributed by atoms with van der Waals surface area (Å²) in [4.78, 5) is 19.0. The van der Waals surface area contributed by atoms with E-state index in [0.29, 0.717) is 24.7 Å². The number of rotatable bonds is 7. The molecule has 0 radical (unpaired) electrons. The summed E-state index contributed by atoms with van der Waals surface area (Å²) < 4.78 is 11.0. The maximum atomic E-state index is 12.4. The zero-order valence-electron chi connectivity index (χ0n) is 17.6. The Kier molecular flexibility index (Phi) is 7.09. The molecule has 0 bridgehead atoms. The van der Waals surface area contributed by atoms with Crippen molar-refractivity contribution in [1.29, 1.82) is 0 Å². The Labute approximate surface area is 172 Å². The van der Waals surface area contributed by atoms with E-state index in [2.05, 4.69) is 39.5 Å². The van der Waals surface area contributed by atoms with Crippen LogP contribution in [0.4, 0.5) is 16.2 Å². The Hall–Kier alpha value is -2.61. The Bertz CT molecular complexity index is 797. The zero-order valence-corrected chi connectivity index (χ0v) is 17.6. The Morgan fingerprint density at radius 3 is 2.66 bits per heavy atom. The Morgan fingerprint density at radius 2 is 1.97 bits per heavy atom. The number of ether oxygens (including phenoxy) is 1. The number of anilines is 2. The lowest BCUT2D eigenvalue weighted by atomic mass is 10.1. The van der Waals surface area contributed by atoms with E-state index in [1.165, 1.54) is 0 Å². The van der Waals surface area contributed by atoms with Crippen molar-refractivity contribution in [3.63, 3.8) is 0 Å². The van der Waals surface area contributed by atoms with Crippen LogP contribution >= 0.6 is 0 Å². The lowest BCUT2D eigenvalue weighted by Crippen LogP contribution is -2.45. The third-order valence-electron chi connectivity index (χ3n) is 4.77. The van der Waals surface area contributed by atoms with Gasteiger partial charge in [-0.2, -0.15) is 4.98 Å². The minimum atomic E-state index is -0.222. The van der Waals surface area contributed by atoms with Crippen LogP contribution in [0.5, 0.6) is 0 Å². The van der Waals surface area contributed by atoms with Crippen molar-refractivity contribution in [2.24, 2.45) is 0 Å². The van der Waals surface area contributed by atoms with Gasteiger partial charge in [0.25, 0.3) is 0 Å². The van der Waals surface area contributed by atoms with Crippen molar-refractivity contribution in [3.8, 4) is 0 Å². The summed E-state index contributed by atoms with van der Waals surface area (Å²) >= 11 is 0. The molecule has 3 rings (SSSR count). The number of amides is 2. The number of morpholine rings is 1. The number of nitrogens with one attached hydrogen (secondary N) is 2. The van der Waals surface area contributed by atoms with Crippen molar-refractivity contribution in [2.75, 3.05) is 29.9 Å². The summed E-state index contributed by atoms with van der Waals surface area (Å²) in [6.45, 7) is 10.3. The smallest absolute Gasteiger partial charge is 0.319 e. The van der Waals surface area contributed by atoms with Crippen LogP contribution in [0.2, 0.25) is 0 Å². The van der Waals surface area contributed by atoms with Crippen molar-refractivity contribution in [2.45, 2.75) is 58.7 Å². The number of carbonyl (C=O) groups excluding carboxylic acids is 1. The molecule has 1 saturated heterocycles. The molecule has 1 aliphatic heterocycles. The van der Waals surface area contributed by atoms with Gasteiger partial charge < -0.3 is 24.8 Å². The van der Waals surface area contributed by atoms with Gasteiger partial charge in [-0.1, -0.05) is 31.1 Å². The minimum absolute atomic E-state index is 0.154. The standard InChI is InChI=1S/C21H31N5O3/c1-14(2)20-24-19(29-25-20)10-7-11-22-21(27)23-17-8-5-6-9-18(17)26-12-15(3)28-16(4)13-26/h5-6,8-9,14-16H,7,10-13H2,1-4H3,(H2,22,23,27). The van der Waals surface area contributed by atoms with Crippen molar-refractivity contribution in [3.05, 3.63) is 36.0 Å². The van der Waals surface area contributed by atoms with Crippen LogP contribution < -0.4 is 15.5 Å². The average Bonchev–Trinajstić information content (AvgIpc) is 3.14. The van der Waals surface area contributed by atoms with E-state index in [9.17, 15) is 4.79 Å². The molecule has 2 unspecified atom stereocenters. The van der Waals surface area contributed by atoms with Crippen LogP contribution in [0.3, 0.4) is 0 Å². The molecule has 8 heteroatoms. The molecule has 1 aromatic heterocycles. The first-order valence-corrected chi connectivity index (χ1v) is 10.3. The summed E-state index contributed by atoms with van der Waals surface area (Å²) in [6.07, 6.45) is 1.68. The highest BCUT2D eigenvalue weighted by atomic mass is 16.5. The molecular formula is C21H31N5O3. The summed E-state index contributed by atoms with van der Waals surface area (Å²) in [6, 6.07) is 7.64. The molecule has 2 amide bonds. The number of carbonyl (C=O) groups is 1. The maximum absolute atomic E-state index is 12.4. The molecule has 8 nitrogen and oxygen atoms in total. The predicted molar refractivity (Wildman–Crippen MR) is 112 cm³/mol. The third kappa shape index (κ3) is 5.93. The second-order valence-electron chi connectivity index (χ2n) is 7.86. The molecule has 1 fully saturated rings. The lowest BCUT2D eigenvalue weighted by Gasteiger charge is -2.37. The highest BCUT2D eigenvalue weighted by Gasteiger charge is 2.24. The number of para-hydroxylation sites is 2. The maximum Gasteiger partial charge on any atom is 0.319 e. The fourth-order valence-electron chi connectivity index (χ4n) is 3.44. The van der Waals surface area contributed by atoms with Gasteiger partial charge in [0, 0.05) is 32.0 Å². The molecule has 0 spiro atoms. The van der Waals surface area contributed by atoms with Gasteiger partial charge >= 0.3 is 6.03 Å². The molecule has 2 heterocycles. The van der Waals surface area contributed by atoms with Crippen LogP contribution in [0.1, 0.15) is 51.7 Å². The number of aryl methyl sites for hydroxylation is 1. The molecule has 158 valence electrons. The van der Waals surface area contributed by atoms with Crippen LogP contribution in [0.25, 0.3) is 0 Å². The molecule has 2 N–H and O–H groups in total. The van der Waals surface area contributed by atoms with Crippen LogP contribution in [0, 0.1) is 0 Å². The molecule has 2 aromatic rings. The van der Waals surface area contributed by atoms with Gasteiger partial charge in [-0.3, -0.25) is 0 Å².